The van der Waals surface area contributed by atoms with Gasteiger partial charge in [0.25, 0.3) is 0 Å². The summed E-state index contributed by atoms with van der Waals surface area (Å²) in [5.41, 5.74) is -1.14. The van der Waals surface area contributed by atoms with Crippen LogP contribution in [0.5, 0.6) is 5.75 Å². The number of anilines is 1. The van der Waals surface area contributed by atoms with Crippen molar-refractivity contribution in [1.29, 1.82) is 0 Å². The average molecular weight is 445 g/mol. The smallest absolute Gasteiger partial charge is 0.423 e. The number of fused-ring (bicyclic) bond motifs is 1. The third kappa shape index (κ3) is 3.34. The van der Waals surface area contributed by atoms with E-state index in [-0.39, 0.29) is 27.0 Å². The molecule has 0 aliphatic carbocycles. The zero-order valence-electron chi connectivity index (χ0n) is 15.1. The molecule has 1 unspecified atom stereocenters. The summed E-state index contributed by atoms with van der Waals surface area (Å²) in [5, 5.41) is 0.0584. The normalized spacial score (nSPS) is 15.0. The number of alkyl halides is 2. The van der Waals surface area contributed by atoms with Crippen molar-refractivity contribution in [2.24, 2.45) is 0 Å². The van der Waals surface area contributed by atoms with E-state index in [0.29, 0.717) is 4.90 Å². The third-order valence-electron chi connectivity index (χ3n) is 4.38. The quantitative estimate of drug-likeness (QED) is 0.233. The minimum atomic E-state index is -4.15. The van der Waals surface area contributed by atoms with Crippen LogP contribution in [-0.2, 0) is 4.79 Å². The number of ether oxygens (including phenoxy) is 1. The van der Waals surface area contributed by atoms with Crippen LogP contribution in [0, 0.1) is 36.7 Å². The molecular formula is C19H13F5NO2PS. The first kappa shape index (κ1) is 21.4. The molecule has 0 saturated heterocycles. The van der Waals surface area contributed by atoms with Gasteiger partial charge in [0, 0.05) is 5.56 Å². The van der Waals surface area contributed by atoms with Crippen LogP contribution in [-0.4, -0.2) is 24.8 Å². The molecule has 1 aliphatic rings. The maximum absolute atomic E-state index is 14.9. The van der Waals surface area contributed by atoms with E-state index < -0.39 is 47.3 Å². The molecular weight excluding hydrogens is 432 g/mol. The fourth-order valence-corrected chi connectivity index (χ4v) is 4.07. The second-order valence-corrected chi connectivity index (χ2v) is 7.54. The Morgan fingerprint density at radius 2 is 1.90 bits per heavy atom. The lowest BCUT2D eigenvalue weighted by Gasteiger charge is -2.33. The highest BCUT2D eigenvalue weighted by Crippen LogP contribution is 2.43. The Labute approximate surface area is 169 Å². The maximum Gasteiger partial charge on any atom is 0.483 e. The Balaban J connectivity index is 2.31. The number of carbonyl (C=O) groups is 1. The molecule has 152 valence electrons. The Morgan fingerprint density at radius 1 is 1.24 bits per heavy atom. The number of hydrogen-bond acceptors (Lipinski definition) is 3. The van der Waals surface area contributed by atoms with Crippen LogP contribution in [0.25, 0.3) is 11.1 Å². The van der Waals surface area contributed by atoms with Crippen LogP contribution in [0.2, 0.25) is 0 Å². The van der Waals surface area contributed by atoms with Crippen molar-refractivity contribution < 1.29 is 31.5 Å². The molecule has 0 N–H and O–H groups in total. The molecule has 1 aliphatic heterocycles. The van der Waals surface area contributed by atoms with Crippen molar-refractivity contribution in [2.75, 3.05) is 17.7 Å². The molecule has 2 aromatic rings. The van der Waals surface area contributed by atoms with Crippen LogP contribution in [0.1, 0.15) is 5.56 Å². The first-order chi connectivity index (χ1) is 13.5. The first-order valence-corrected chi connectivity index (χ1v) is 9.82. The molecule has 0 fully saturated rings. The summed E-state index contributed by atoms with van der Waals surface area (Å²) in [6, 6.07) is 2.13. The molecule has 0 radical (unpaired) electrons. The molecule has 10 heteroatoms. The van der Waals surface area contributed by atoms with Gasteiger partial charge in [0.2, 0.25) is 0 Å². The number of hydrogen-bond donors (Lipinski definition) is 0. The van der Waals surface area contributed by atoms with E-state index in [9.17, 15) is 26.7 Å². The number of carbonyl (C=O) groups excluding carboxylic acids is 1. The van der Waals surface area contributed by atoms with E-state index in [1.165, 1.54) is 13.2 Å². The molecule has 0 saturated carbocycles. The van der Waals surface area contributed by atoms with Crippen LogP contribution in [0.15, 0.2) is 17.0 Å². The second-order valence-electron chi connectivity index (χ2n) is 6.10. The van der Waals surface area contributed by atoms with Crippen LogP contribution < -0.4 is 14.9 Å². The summed E-state index contributed by atoms with van der Waals surface area (Å²) in [6.45, 7) is 0.774. The molecule has 1 heterocycles. The lowest BCUT2D eigenvalue weighted by Crippen LogP contribution is -2.51. The van der Waals surface area contributed by atoms with E-state index in [2.05, 4.69) is 19.9 Å². The van der Waals surface area contributed by atoms with Gasteiger partial charge in [0.05, 0.1) is 22.7 Å². The Morgan fingerprint density at radius 3 is 2.48 bits per heavy atom. The lowest BCUT2D eigenvalue weighted by atomic mass is 9.99. The van der Waals surface area contributed by atoms with Gasteiger partial charge in [-0.2, -0.15) is 8.78 Å². The maximum atomic E-state index is 14.9. The number of nitrogens with zero attached hydrogens (tertiary/aromatic N) is 1. The molecule has 0 spiro atoms. The van der Waals surface area contributed by atoms with Crippen LogP contribution >= 0.6 is 21.0 Å². The molecule has 3 rings (SSSR count). The lowest BCUT2D eigenvalue weighted by molar-refractivity contribution is -0.192. The number of amides is 1. The van der Waals surface area contributed by atoms with Gasteiger partial charge in [-0.3, -0.25) is 9.69 Å². The summed E-state index contributed by atoms with van der Waals surface area (Å²) in [4.78, 5) is 12.4. The Hall–Kier alpha value is -2.30. The van der Waals surface area contributed by atoms with Gasteiger partial charge in [0.1, 0.15) is 5.82 Å². The summed E-state index contributed by atoms with van der Waals surface area (Å²) < 4.78 is 76.3. The summed E-state index contributed by atoms with van der Waals surface area (Å²) >= 11 is 0.850. The van der Waals surface area contributed by atoms with Gasteiger partial charge < -0.3 is 4.74 Å². The van der Waals surface area contributed by atoms with Crippen molar-refractivity contribution in [1.82, 2.24) is 0 Å². The average Bonchev–Trinajstić information content (AvgIpc) is 2.65. The number of halogens is 5. The highest BCUT2D eigenvalue weighted by molar-refractivity contribution is 7.98. The number of thioether (sulfide) groups is 1. The molecule has 3 nitrogen and oxygen atoms in total. The SMILES string of the molecule is C#CCN1C(=O)C(F)(F)Oc2cc(P)c(-c3c(F)c(C)c(SC)c(F)c3F)cc21. The number of benzene rings is 2. The molecule has 1 amide bonds. The number of terminal acetylenes is 1. The van der Waals surface area contributed by atoms with Gasteiger partial charge in [0.15, 0.2) is 17.4 Å². The van der Waals surface area contributed by atoms with Gasteiger partial charge in [-0.05, 0) is 36.2 Å². The predicted molar refractivity (Wildman–Crippen MR) is 104 cm³/mol. The zero-order valence-corrected chi connectivity index (χ0v) is 17.0. The van der Waals surface area contributed by atoms with Crippen molar-refractivity contribution in [3.63, 3.8) is 0 Å². The summed E-state index contributed by atoms with van der Waals surface area (Å²) in [5.74, 6) is -3.71. The topological polar surface area (TPSA) is 29.5 Å². The number of rotatable bonds is 3. The Bertz CT molecular complexity index is 1050. The Kier molecular flexibility index (Phi) is 5.54. The van der Waals surface area contributed by atoms with Gasteiger partial charge in [-0.1, -0.05) is 5.92 Å². The van der Waals surface area contributed by atoms with Crippen molar-refractivity contribution in [3.8, 4) is 29.2 Å². The third-order valence-corrected chi connectivity index (χ3v) is 5.75. The molecule has 2 aromatic carbocycles. The van der Waals surface area contributed by atoms with Crippen LogP contribution in [0.4, 0.5) is 27.6 Å². The summed E-state index contributed by atoms with van der Waals surface area (Å²) in [6.07, 6.45) is 2.49. The van der Waals surface area contributed by atoms with Gasteiger partial charge in [-0.25, -0.2) is 13.2 Å². The minimum Gasteiger partial charge on any atom is -0.423 e. The predicted octanol–water partition coefficient (Wildman–Crippen LogP) is 4.25. The molecule has 0 bridgehead atoms. The fourth-order valence-electron chi connectivity index (χ4n) is 3.03. The summed E-state index contributed by atoms with van der Waals surface area (Å²) in [7, 11) is 2.13. The van der Waals surface area contributed by atoms with Crippen LogP contribution in [0.3, 0.4) is 0 Å². The van der Waals surface area contributed by atoms with Gasteiger partial charge in [-0.15, -0.1) is 27.4 Å². The first-order valence-electron chi connectivity index (χ1n) is 8.02. The fraction of sp³-hybridized carbons (Fsp3) is 0.211. The largest absolute Gasteiger partial charge is 0.483 e. The highest BCUT2D eigenvalue weighted by atomic mass is 32.2. The van der Waals surface area contributed by atoms with E-state index in [1.54, 1.807) is 0 Å². The molecule has 29 heavy (non-hydrogen) atoms. The van der Waals surface area contributed by atoms with E-state index in [1.807, 2.05) is 0 Å². The highest BCUT2D eigenvalue weighted by Gasteiger charge is 2.50. The standard InChI is InChI=1S/C19H13F5NO2PS/c1-4-5-25-10-6-9(12(28)7-11(10)27-19(23,24)18(25)26)13-14(20)8(2)17(29-3)16(22)15(13)21/h1,6-7H,5,28H2,2-3H3. The van der Waals surface area contributed by atoms with E-state index in [4.69, 9.17) is 6.42 Å². The minimum absolute atomic E-state index is 0.0584. The molecule has 1 atom stereocenters. The van der Waals surface area contributed by atoms with Crippen molar-refractivity contribution in [2.45, 2.75) is 17.9 Å². The van der Waals surface area contributed by atoms with Crippen molar-refractivity contribution in [3.05, 3.63) is 35.1 Å². The zero-order chi connectivity index (χ0) is 21.7. The second kappa shape index (κ2) is 7.51. The van der Waals surface area contributed by atoms with Gasteiger partial charge >= 0.3 is 12.0 Å². The monoisotopic (exact) mass is 445 g/mol. The van der Waals surface area contributed by atoms with E-state index in [0.717, 1.165) is 23.9 Å². The van der Waals surface area contributed by atoms with Crippen molar-refractivity contribution >= 4 is 37.9 Å². The molecule has 0 aromatic heterocycles. The van der Waals surface area contributed by atoms with E-state index >= 15 is 0 Å².